The van der Waals surface area contributed by atoms with Crippen molar-refractivity contribution in [3.63, 3.8) is 0 Å². The summed E-state index contributed by atoms with van der Waals surface area (Å²) in [4.78, 5) is 13.2. The third kappa shape index (κ3) is 2.81. The molecule has 0 aliphatic heterocycles. The molecular weight excluding hydrogens is 235 g/mol. The zero-order valence-corrected chi connectivity index (χ0v) is 9.89. The molecule has 3 nitrogen and oxygen atoms in total. The predicted molar refractivity (Wildman–Crippen MR) is 55.7 cm³/mol. The lowest BCUT2D eigenvalue weighted by Crippen LogP contribution is -2.31. The van der Waals surface area contributed by atoms with E-state index in [1.165, 1.54) is 11.8 Å². The van der Waals surface area contributed by atoms with Crippen LogP contribution < -0.4 is 0 Å². The van der Waals surface area contributed by atoms with Crippen molar-refractivity contribution in [3.8, 4) is 0 Å². The Morgan fingerprint density at radius 1 is 1.35 bits per heavy atom. The normalized spacial score (nSPS) is 11.6. The first-order chi connectivity index (χ1) is 7.81. The zero-order chi connectivity index (χ0) is 13.2. The molecule has 0 atom stereocenters. The van der Waals surface area contributed by atoms with E-state index in [0.717, 1.165) is 6.07 Å². The smallest absolute Gasteiger partial charge is 0.450 e. The van der Waals surface area contributed by atoms with Gasteiger partial charge in [-0.05, 0) is 26.8 Å². The molecule has 0 saturated carbocycles. The summed E-state index contributed by atoms with van der Waals surface area (Å²) in [5, 5.41) is 0. The number of furan rings is 1. The van der Waals surface area contributed by atoms with Crippen molar-refractivity contribution >= 4 is 5.91 Å². The number of aryl methyl sites for hydroxylation is 1. The number of carbonyl (C=O) groups is 1. The van der Waals surface area contributed by atoms with Crippen molar-refractivity contribution in [3.05, 3.63) is 23.2 Å². The Kier molecular flexibility index (Phi) is 3.85. The summed E-state index contributed by atoms with van der Waals surface area (Å²) in [6.07, 6.45) is -4.65. The van der Waals surface area contributed by atoms with Gasteiger partial charge in [-0.15, -0.1) is 0 Å². The molecule has 1 amide bonds. The van der Waals surface area contributed by atoms with Gasteiger partial charge in [0.1, 0.15) is 5.76 Å². The number of hydrogen-bond acceptors (Lipinski definition) is 2. The molecule has 0 unspecified atom stereocenters. The summed E-state index contributed by atoms with van der Waals surface area (Å²) in [6, 6.07) is 1.13. The summed E-state index contributed by atoms with van der Waals surface area (Å²) in [6.45, 7) is 5.52. The Bertz CT molecular complexity index is 405. The van der Waals surface area contributed by atoms with Gasteiger partial charge in [0.2, 0.25) is 5.76 Å². The van der Waals surface area contributed by atoms with Gasteiger partial charge in [0.15, 0.2) is 0 Å². The van der Waals surface area contributed by atoms with Crippen LogP contribution in [-0.2, 0) is 6.18 Å². The number of carbonyl (C=O) groups excluding carboxylic acids is 1. The van der Waals surface area contributed by atoms with Crippen molar-refractivity contribution in [1.29, 1.82) is 0 Å². The van der Waals surface area contributed by atoms with E-state index in [9.17, 15) is 18.0 Å². The molecule has 1 heterocycles. The second-order valence-electron chi connectivity index (χ2n) is 3.58. The monoisotopic (exact) mass is 249 g/mol. The van der Waals surface area contributed by atoms with E-state index in [1.54, 1.807) is 13.8 Å². The molecule has 0 fully saturated rings. The van der Waals surface area contributed by atoms with Crippen LogP contribution in [0.4, 0.5) is 13.2 Å². The van der Waals surface area contributed by atoms with Crippen LogP contribution in [-0.4, -0.2) is 23.9 Å². The second kappa shape index (κ2) is 4.81. The van der Waals surface area contributed by atoms with Gasteiger partial charge in [-0.25, -0.2) is 0 Å². The van der Waals surface area contributed by atoms with Crippen molar-refractivity contribution in [2.45, 2.75) is 26.9 Å². The predicted octanol–water partition coefficient (Wildman–Crippen LogP) is 3.09. The third-order valence-electron chi connectivity index (χ3n) is 2.39. The molecule has 1 aromatic heterocycles. The third-order valence-corrected chi connectivity index (χ3v) is 2.39. The molecule has 0 aliphatic rings. The molecule has 0 radical (unpaired) electrons. The van der Waals surface area contributed by atoms with E-state index >= 15 is 0 Å². The first-order valence-electron chi connectivity index (χ1n) is 5.28. The first kappa shape index (κ1) is 13.6. The molecule has 0 bridgehead atoms. The van der Waals surface area contributed by atoms with E-state index in [2.05, 4.69) is 4.42 Å². The Labute approximate surface area is 97.2 Å². The Balaban J connectivity index is 3.18. The minimum absolute atomic E-state index is 0.0767. The van der Waals surface area contributed by atoms with Gasteiger partial charge >= 0.3 is 6.18 Å². The molecule has 0 aliphatic carbocycles. The van der Waals surface area contributed by atoms with Crippen LogP contribution in [0.25, 0.3) is 0 Å². The van der Waals surface area contributed by atoms with Gasteiger partial charge in [-0.1, -0.05) is 0 Å². The van der Waals surface area contributed by atoms with Crippen molar-refractivity contribution < 1.29 is 22.4 Å². The van der Waals surface area contributed by atoms with E-state index in [0.29, 0.717) is 13.1 Å². The van der Waals surface area contributed by atoms with Crippen LogP contribution >= 0.6 is 0 Å². The maximum Gasteiger partial charge on any atom is 0.450 e. The fraction of sp³-hybridized carbons (Fsp3) is 0.545. The molecule has 96 valence electrons. The van der Waals surface area contributed by atoms with Gasteiger partial charge in [0, 0.05) is 13.1 Å². The maximum absolute atomic E-state index is 12.6. The lowest BCUT2D eigenvalue weighted by molar-refractivity contribution is -0.153. The van der Waals surface area contributed by atoms with Gasteiger partial charge in [0.05, 0.1) is 5.56 Å². The van der Waals surface area contributed by atoms with Gasteiger partial charge in [0.25, 0.3) is 5.91 Å². The number of hydrogen-bond donors (Lipinski definition) is 0. The molecule has 0 aromatic carbocycles. The van der Waals surface area contributed by atoms with Crippen molar-refractivity contribution in [1.82, 2.24) is 4.90 Å². The Morgan fingerprint density at radius 3 is 2.29 bits per heavy atom. The minimum Gasteiger partial charge on any atom is -0.456 e. The number of halogens is 3. The van der Waals surface area contributed by atoms with Gasteiger partial charge in [-0.3, -0.25) is 4.79 Å². The lowest BCUT2D eigenvalue weighted by atomic mass is 10.2. The van der Waals surface area contributed by atoms with Crippen LogP contribution in [0.3, 0.4) is 0 Å². The summed E-state index contributed by atoms with van der Waals surface area (Å²) in [7, 11) is 0. The number of nitrogens with zero attached hydrogens (tertiary/aromatic N) is 1. The summed E-state index contributed by atoms with van der Waals surface area (Å²) < 4.78 is 42.5. The molecule has 0 N–H and O–H groups in total. The van der Waals surface area contributed by atoms with E-state index < -0.39 is 23.4 Å². The van der Waals surface area contributed by atoms with Crippen LogP contribution in [0.1, 0.15) is 35.7 Å². The number of alkyl halides is 3. The Morgan fingerprint density at radius 2 is 1.88 bits per heavy atom. The topological polar surface area (TPSA) is 33.5 Å². The highest BCUT2D eigenvalue weighted by atomic mass is 19.4. The molecule has 17 heavy (non-hydrogen) atoms. The first-order valence-corrected chi connectivity index (χ1v) is 5.28. The largest absolute Gasteiger partial charge is 0.456 e. The second-order valence-corrected chi connectivity index (χ2v) is 3.58. The van der Waals surface area contributed by atoms with E-state index in [4.69, 9.17) is 0 Å². The summed E-state index contributed by atoms with van der Waals surface area (Å²) in [5.41, 5.74) is -0.418. The Hall–Kier alpha value is -1.46. The molecular formula is C11H14F3NO2. The zero-order valence-electron chi connectivity index (χ0n) is 9.89. The van der Waals surface area contributed by atoms with Crippen molar-refractivity contribution in [2.75, 3.05) is 13.1 Å². The van der Waals surface area contributed by atoms with Crippen molar-refractivity contribution in [2.24, 2.45) is 0 Å². The fourth-order valence-electron chi connectivity index (χ4n) is 1.56. The molecule has 1 rings (SSSR count). The highest BCUT2D eigenvalue weighted by Crippen LogP contribution is 2.34. The maximum atomic E-state index is 12.6. The number of amides is 1. The molecule has 0 saturated heterocycles. The SMILES string of the molecule is CCN(CC)C(=O)c1cc(C)oc1C(F)(F)F. The van der Waals surface area contributed by atoms with E-state index in [-0.39, 0.29) is 5.76 Å². The molecule has 0 spiro atoms. The van der Waals surface area contributed by atoms with E-state index in [1.807, 2.05) is 0 Å². The van der Waals surface area contributed by atoms with Gasteiger partial charge < -0.3 is 9.32 Å². The summed E-state index contributed by atoms with van der Waals surface area (Å²) >= 11 is 0. The highest BCUT2D eigenvalue weighted by molar-refractivity contribution is 5.95. The van der Waals surface area contributed by atoms with Crippen LogP contribution in [0, 0.1) is 6.92 Å². The minimum atomic E-state index is -4.65. The standard InChI is InChI=1S/C11H14F3NO2/c1-4-15(5-2)10(16)8-6-7(3)17-9(8)11(12,13)14/h6H,4-5H2,1-3H3. The van der Waals surface area contributed by atoms with Gasteiger partial charge in [-0.2, -0.15) is 13.2 Å². The average molecular weight is 249 g/mol. The van der Waals surface area contributed by atoms with Crippen LogP contribution in [0.2, 0.25) is 0 Å². The van der Waals surface area contributed by atoms with Crippen LogP contribution in [0.5, 0.6) is 0 Å². The highest BCUT2D eigenvalue weighted by Gasteiger charge is 2.40. The lowest BCUT2D eigenvalue weighted by Gasteiger charge is -2.18. The average Bonchev–Trinajstić information content (AvgIpc) is 2.61. The quantitative estimate of drug-likeness (QED) is 0.824. The van der Waals surface area contributed by atoms with Crippen LogP contribution in [0.15, 0.2) is 10.5 Å². The number of rotatable bonds is 3. The summed E-state index contributed by atoms with van der Waals surface area (Å²) in [5.74, 6) is -1.79. The molecule has 1 aromatic rings. The molecule has 6 heteroatoms. The fourth-order valence-corrected chi connectivity index (χ4v) is 1.56.